The lowest BCUT2D eigenvalue weighted by molar-refractivity contribution is -0.131. The molecule has 0 unspecified atom stereocenters. The van der Waals surface area contributed by atoms with Crippen molar-refractivity contribution in [1.29, 1.82) is 0 Å². The van der Waals surface area contributed by atoms with Gasteiger partial charge >= 0.3 is 5.97 Å². The maximum Gasteiger partial charge on any atom is 0.328 e. The molecule has 0 spiro atoms. The second kappa shape index (κ2) is 20.2. The van der Waals surface area contributed by atoms with Crippen LogP contribution in [0.2, 0.25) is 0 Å². The zero-order chi connectivity index (χ0) is 39.9. The summed E-state index contributed by atoms with van der Waals surface area (Å²) < 4.78 is 5.49. The number of methoxy groups -OCH3 is 1. The summed E-state index contributed by atoms with van der Waals surface area (Å²) in [7, 11) is 1.65. The molecule has 2 amide bonds. The number of nitrogens with one attached hydrogen (secondary N) is 6. The van der Waals surface area contributed by atoms with Gasteiger partial charge in [-0.25, -0.2) is 4.79 Å². The molecule has 0 aliphatic carbocycles. The number of carbonyl (C=O) groups is 3. The van der Waals surface area contributed by atoms with Gasteiger partial charge < -0.3 is 41.7 Å². The van der Waals surface area contributed by atoms with E-state index in [1.54, 1.807) is 37.4 Å². The third kappa shape index (κ3) is 12.2. The van der Waals surface area contributed by atoms with Crippen LogP contribution in [0.25, 0.3) is 6.08 Å². The van der Waals surface area contributed by atoms with Crippen LogP contribution in [0.1, 0.15) is 64.6 Å². The minimum Gasteiger partial charge on any atom is -0.496 e. The van der Waals surface area contributed by atoms with Crippen molar-refractivity contribution in [1.82, 2.24) is 10.6 Å². The first kappa shape index (κ1) is 40.6. The fourth-order valence-electron chi connectivity index (χ4n) is 5.98. The van der Waals surface area contributed by atoms with E-state index in [4.69, 9.17) is 9.84 Å². The van der Waals surface area contributed by atoms with Gasteiger partial charge in [-0.15, -0.1) is 0 Å². The summed E-state index contributed by atoms with van der Waals surface area (Å²) >= 11 is 0. The highest BCUT2D eigenvalue weighted by atomic mass is 16.5. The molecule has 13 heteroatoms. The molecule has 4 aromatic carbocycles. The maximum atomic E-state index is 12.8. The Labute approximate surface area is 327 Å². The topological polar surface area (TPSA) is 178 Å². The number of benzene rings is 4. The highest BCUT2D eigenvalue weighted by molar-refractivity contribution is 6.07. The van der Waals surface area contributed by atoms with Gasteiger partial charge in [-0.2, -0.15) is 0 Å². The van der Waals surface area contributed by atoms with Crippen molar-refractivity contribution in [2.75, 3.05) is 54.6 Å². The van der Waals surface area contributed by atoms with Crippen molar-refractivity contribution in [2.24, 2.45) is 15.9 Å². The second-order valence-electron chi connectivity index (χ2n) is 13.6. The number of ether oxygens (including phenoxy) is 1. The predicted octanol–water partition coefficient (Wildman–Crippen LogP) is 6.88. The van der Waals surface area contributed by atoms with E-state index < -0.39 is 5.97 Å². The van der Waals surface area contributed by atoms with Crippen molar-refractivity contribution in [3.63, 3.8) is 0 Å². The van der Waals surface area contributed by atoms with Gasteiger partial charge in [-0.05, 0) is 103 Å². The third-order valence-corrected chi connectivity index (χ3v) is 8.70. The van der Waals surface area contributed by atoms with E-state index >= 15 is 0 Å². The number of aryl methyl sites for hydroxylation is 1. The summed E-state index contributed by atoms with van der Waals surface area (Å²) in [6, 6.07) is 25.8. The monoisotopic (exact) mass is 758 g/mol. The van der Waals surface area contributed by atoms with E-state index in [9.17, 15) is 14.4 Å². The van der Waals surface area contributed by atoms with Gasteiger partial charge in [0.1, 0.15) is 5.75 Å². The molecule has 4 aromatic rings. The van der Waals surface area contributed by atoms with E-state index in [-0.39, 0.29) is 11.8 Å². The number of guanidine groups is 2. The lowest BCUT2D eigenvalue weighted by Crippen LogP contribution is -2.35. The Morgan fingerprint density at radius 3 is 2.02 bits per heavy atom. The average molecular weight is 759 g/mol. The molecular formula is C43H50N8O5. The molecule has 6 rings (SSSR count). The van der Waals surface area contributed by atoms with Crippen LogP contribution in [0.5, 0.6) is 5.75 Å². The summed E-state index contributed by atoms with van der Waals surface area (Å²) in [5.41, 5.74) is 6.98. The molecule has 2 aliphatic rings. The fraction of sp³-hybridized carbons (Fsp3) is 0.279. The number of anilines is 4. The Balaban J connectivity index is 0.000000215. The second-order valence-corrected chi connectivity index (χ2v) is 13.6. The SMILES string of the molecule is CCc1cc(/C=C/C(=O)O)ccc1NC(=O)c1cccc(NC2=NCCCN2)c1.COc1cc(NC(=O)c2cccc(NC3=NCCN3)c2)ccc1CC(C)C. The number of aliphatic carboxylic acids is 1. The number of carbonyl (C=O) groups excluding carboxylic acids is 2. The maximum absolute atomic E-state index is 12.8. The highest BCUT2D eigenvalue weighted by Crippen LogP contribution is 2.26. The summed E-state index contributed by atoms with van der Waals surface area (Å²) in [6.45, 7) is 9.58. The van der Waals surface area contributed by atoms with E-state index in [0.717, 1.165) is 84.9 Å². The van der Waals surface area contributed by atoms with Crippen molar-refractivity contribution in [3.05, 3.63) is 119 Å². The average Bonchev–Trinajstić information content (AvgIpc) is 3.71. The zero-order valence-corrected chi connectivity index (χ0v) is 32.2. The van der Waals surface area contributed by atoms with Crippen LogP contribution >= 0.6 is 0 Å². The lowest BCUT2D eigenvalue weighted by atomic mass is 10.0. The Kier molecular flexibility index (Phi) is 14.6. The number of amides is 2. The third-order valence-electron chi connectivity index (χ3n) is 8.70. The largest absolute Gasteiger partial charge is 0.496 e. The van der Waals surface area contributed by atoms with Gasteiger partial charge in [0.2, 0.25) is 0 Å². The van der Waals surface area contributed by atoms with Crippen LogP contribution in [0.3, 0.4) is 0 Å². The standard InChI is InChI=1S/C22H24N4O3.C21H26N4O2/c1-2-16-13-15(8-10-20(27)28)7-9-19(16)26-21(29)17-5-3-6-18(14-17)25-22-23-11-4-12-24-22;1-14(2)11-15-7-8-18(13-19(15)27-3)24-20(26)16-5-4-6-17(12-16)25-21-22-9-10-23-21/h3,5-10,13-14H,2,4,11-12H2,1H3,(H,26,29)(H,27,28)(H2,23,24,25);4-8,12-14H,9-11H2,1-3H3,(H,24,26)(H2,22,23,25)/b10-8+;. The zero-order valence-electron chi connectivity index (χ0n) is 32.2. The van der Waals surface area contributed by atoms with E-state index in [0.29, 0.717) is 40.8 Å². The number of hydrogen-bond acceptors (Lipinski definition) is 10. The first-order valence-electron chi connectivity index (χ1n) is 18.7. The normalized spacial score (nSPS) is 13.3. The van der Waals surface area contributed by atoms with Gasteiger partial charge in [0, 0.05) is 65.7 Å². The molecule has 0 radical (unpaired) electrons. The smallest absolute Gasteiger partial charge is 0.328 e. The minimum absolute atomic E-state index is 0.168. The molecule has 0 fully saturated rings. The van der Waals surface area contributed by atoms with Gasteiger partial charge in [0.25, 0.3) is 11.8 Å². The van der Waals surface area contributed by atoms with E-state index in [1.807, 2.05) is 61.5 Å². The predicted molar refractivity (Wildman–Crippen MR) is 225 cm³/mol. The Morgan fingerprint density at radius 2 is 1.45 bits per heavy atom. The summed E-state index contributed by atoms with van der Waals surface area (Å²) in [5.74, 6) is 1.40. The minimum atomic E-state index is -0.997. The molecule has 13 nitrogen and oxygen atoms in total. The molecule has 0 saturated heterocycles. The van der Waals surface area contributed by atoms with Crippen molar-refractivity contribution >= 4 is 58.5 Å². The lowest BCUT2D eigenvalue weighted by Gasteiger charge is -2.16. The van der Waals surface area contributed by atoms with Gasteiger partial charge in [0.15, 0.2) is 11.9 Å². The summed E-state index contributed by atoms with van der Waals surface area (Å²) in [4.78, 5) is 44.8. The van der Waals surface area contributed by atoms with Crippen LogP contribution in [0.4, 0.5) is 22.7 Å². The van der Waals surface area contributed by atoms with Gasteiger partial charge in [0.05, 0.1) is 13.7 Å². The van der Waals surface area contributed by atoms with Crippen molar-refractivity contribution in [2.45, 2.75) is 40.0 Å². The molecular weight excluding hydrogens is 709 g/mol. The molecule has 2 heterocycles. The summed E-state index contributed by atoms with van der Waals surface area (Å²) in [6.07, 6.45) is 5.28. The van der Waals surface area contributed by atoms with Crippen LogP contribution in [0, 0.1) is 5.92 Å². The molecule has 7 N–H and O–H groups in total. The number of carboxylic acids is 1. The number of hydrogen-bond donors (Lipinski definition) is 7. The molecule has 0 atom stereocenters. The Bertz CT molecular complexity index is 2110. The Hall–Kier alpha value is -6.63. The van der Waals surface area contributed by atoms with Crippen LogP contribution < -0.4 is 36.6 Å². The first-order valence-corrected chi connectivity index (χ1v) is 18.7. The molecule has 292 valence electrons. The van der Waals surface area contributed by atoms with Crippen LogP contribution in [0.15, 0.2) is 101 Å². The van der Waals surface area contributed by atoms with Crippen molar-refractivity contribution in [3.8, 4) is 5.75 Å². The molecule has 0 aromatic heterocycles. The first-order chi connectivity index (χ1) is 27.1. The fourth-order valence-corrected chi connectivity index (χ4v) is 5.98. The molecule has 56 heavy (non-hydrogen) atoms. The van der Waals surface area contributed by atoms with Crippen molar-refractivity contribution < 1.29 is 24.2 Å². The molecule has 0 bridgehead atoms. The number of carboxylic acid groups (broad SMARTS) is 1. The number of nitrogens with zero attached hydrogens (tertiary/aromatic N) is 2. The highest BCUT2D eigenvalue weighted by Gasteiger charge is 2.13. The Morgan fingerprint density at radius 1 is 0.786 bits per heavy atom. The number of rotatable bonds is 12. The van der Waals surface area contributed by atoms with Crippen LogP contribution in [-0.2, 0) is 17.6 Å². The molecule has 2 aliphatic heterocycles. The molecule has 0 saturated carbocycles. The van der Waals surface area contributed by atoms with Gasteiger partial charge in [-0.1, -0.05) is 45.0 Å². The number of aliphatic imine (C=N–C) groups is 2. The summed E-state index contributed by atoms with van der Waals surface area (Å²) in [5, 5.41) is 27.4. The van der Waals surface area contributed by atoms with Crippen LogP contribution in [-0.4, -0.2) is 68.1 Å². The van der Waals surface area contributed by atoms with E-state index in [2.05, 4.69) is 55.7 Å². The quantitative estimate of drug-likeness (QED) is 0.0760. The van der Waals surface area contributed by atoms with Gasteiger partial charge in [-0.3, -0.25) is 19.6 Å². The van der Waals surface area contributed by atoms with E-state index in [1.165, 1.54) is 6.08 Å².